The van der Waals surface area contributed by atoms with Crippen molar-refractivity contribution < 1.29 is 14.3 Å². The summed E-state index contributed by atoms with van der Waals surface area (Å²) < 4.78 is 4.80. The van der Waals surface area contributed by atoms with Crippen LogP contribution in [0, 0.1) is 6.92 Å². The quantitative estimate of drug-likeness (QED) is 0.859. The molecule has 1 saturated carbocycles. The van der Waals surface area contributed by atoms with Crippen LogP contribution in [-0.2, 0) is 9.53 Å². The maximum atomic E-state index is 12.5. The van der Waals surface area contributed by atoms with Gasteiger partial charge in [0.2, 0.25) is 5.91 Å². The molecule has 1 atom stereocenters. The van der Waals surface area contributed by atoms with Crippen LogP contribution >= 0.6 is 11.3 Å². The van der Waals surface area contributed by atoms with Gasteiger partial charge in [-0.15, -0.1) is 11.3 Å². The van der Waals surface area contributed by atoms with Gasteiger partial charge in [0.25, 0.3) is 0 Å². The van der Waals surface area contributed by atoms with Crippen LogP contribution in [0.5, 0.6) is 0 Å². The minimum Gasteiger partial charge on any atom is -0.465 e. The highest BCUT2D eigenvalue weighted by Gasteiger charge is 2.38. The minimum absolute atomic E-state index is 0.0727. The number of ether oxygens (including phenoxy) is 1. The summed E-state index contributed by atoms with van der Waals surface area (Å²) >= 11 is 1.34. The average molecular weight is 294 g/mol. The number of methoxy groups -OCH3 is 1. The Balaban J connectivity index is 1.84. The average Bonchev–Trinajstić information content (AvgIpc) is 3.09. The number of aryl methyl sites for hydroxylation is 1. The number of amides is 1. The number of esters is 1. The third-order valence-electron chi connectivity index (χ3n) is 3.80. The van der Waals surface area contributed by atoms with E-state index in [1.807, 2.05) is 12.3 Å². The van der Waals surface area contributed by atoms with Gasteiger partial charge in [0.1, 0.15) is 4.88 Å². The lowest BCUT2D eigenvalue weighted by atomic mass is 10.2. The van der Waals surface area contributed by atoms with E-state index in [2.05, 4.69) is 5.32 Å². The number of hydrogen-bond acceptors (Lipinski definition) is 5. The maximum absolute atomic E-state index is 12.5. The van der Waals surface area contributed by atoms with E-state index < -0.39 is 0 Å². The molecule has 0 spiro atoms. The molecule has 2 heterocycles. The van der Waals surface area contributed by atoms with Crippen LogP contribution in [0.3, 0.4) is 0 Å². The Morgan fingerprint density at radius 3 is 2.85 bits per heavy atom. The van der Waals surface area contributed by atoms with Crippen LogP contribution in [0.4, 0.5) is 5.69 Å². The SMILES string of the molecule is COC(=O)c1scc(C)c1N1CCC(NC2CC2)C1=O. The zero-order valence-electron chi connectivity index (χ0n) is 11.6. The van der Waals surface area contributed by atoms with Crippen molar-refractivity contribution in [3.63, 3.8) is 0 Å². The van der Waals surface area contributed by atoms with E-state index in [0.717, 1.165) is 30.5 Å². The van der Waals surface area contributed by atoms with Crippen LogP contribution in [0.2, 0.25) is 0 Å². The summed E-state index contributed by atoms with van der Waals surface area (Å²) in [5, 5.41) is 5.27. The predicted molar refractivity (Wildman–Crippen MR) is 77.3 cm³/mol. The number of carbonyl (C=O) groups is 2. The highest BCUT2D eigenvalue weighted by atomic mass is 32.1. The standard InChI is InChI=1S/C14H18N2O3S/c1-8-7-20-12(14(18)19-2)11(8)16-6-5-10(13(16)17)15-9-3-4-9/h7,9-10,15H,3-6H2,1-2H3. The molecule has 0 aromatic carbocycles. The molecule has 1 unspecified atom stereocenters. The van der Waals surface area contributed by atoms with Gasteiger partial charge in [-0.05, 0) is 37.1 Å². The van der Waals surface area contributed by atoms with Gasteiger partial charge >= 0.3 is 5.97 Å². The smallest absolute Gasteiger partial charge is 0.350 e. The third kappa shape index (κ3) is 2.33. The number of rotatable bonds is 4. The van der Waals surface area contributed by atoms with Crippen LogP contribution in [0.1, 0.15) is 34.5 Å². The van der Waals surface area contributed by atoms with Crippen molar-refractivity contribution in [3.8, 4) is 0 Å². The molecule has 2 fully saturated rings. The molecule has 1 N–H and O–H groups in total. The molecule has 0 bridgehead atoms. The Bertz CT molecular complexity index is 551. The highest BCUT2D eigenvalue weighted by molar-refractivity contribution is 7.12. The van der Waals surface area contributed by atoms with Crippen LogP contribution in [0.15, 0.2) is 5.38 Å². The van der Waals surface area contributed by atoms with Gasteiger partial charge in [-0.3, -0.25) is 4.79 Å². The lowest BCUT2D eigenvalue weighted by Gasteiger charge is -2.18. The number of nitrogens with one attached hydrogen (secondary N) is 1. The fourth-order valence-electron chi connectivity index (χ4n) is 2.60. The molecule has 3 rings (SSSR count). The first-order valence-corrected chi connectivity index (χ1v) is 7.73. The van der Waals surface area contributed by atoms with E-state index in [0.29, 0.717) is 17.5 Å². The summed E-state index contributed by atoms with van der Waals surface area (Å²) in [5.74, 6) is -0.298. The molecule has 1 aromatic rings. The van der Waals surface area contributed by atoms with Gasteiger partial charge in [-0.1, -0.05) is 0 Å². The minimum atomic E-state index is -0.371. The number of carbonyl (C=O) groups excluding carboxylic acids is 2. The number of thiophene rings is 1. The third-order valence-corrected chi connectivity index (χ3v) is 4.87. The van der Waals surface area contributed by atoms with E-state index in [1.165, 1.54) is 18.4 Å². The van der Waals surface area contributed by atoms with Crippen molar-refractivity contribution in [2.75, 3.05) is 18.6 Å². The normalized spacial score (nSPS) is 22.4. The summed E-state index contributed by atoms with van der Waals surface area (Å²) in [4.78, 5) is 26.6. The Labute approximate surface area is 121 Å². The first kappa shape index (κ1) is 13.6. The van der Waals surface area contributed by atoms with E-state index in [4.69, 9.17) is 4.74 Å². The highest BCUT2D eigenvalue weighted by Crippen LogP contribution is 2.35. The predicted octanol–water partition coefficient (Wildman–Crippen LogP) is 1.70. The molecule has 1 saturated heterocycles. The Morgan fingerprint density at radius 1 is 1.45 bits per heavy atom. The van der Waals surface area contributed by atoms with Crippen LogP contribution in [0.25, 0.3) is 0 Å². The summed E-state index contributed by atoms with van der Waals surface area (Å²) in [6.07, 6.45) is 3.12. The molecule has 6 heteroatoms. The van der Waals surface area contributed by atoms with Crippen LogP contribution < -0.4 is 10.2 Å². The van der Waals surface area contributed by atoms with Gasteiger partial charge in [0, 0.05) is 12.6 Å². The van der Waals surface area contributed by atoms with Crippen molar-refractivity contribution >= 4 is 28.9 Å². The largest absolute Gasteiger partial charge is 0.465 e. The van der Waals surface area contributed by atoms with Crippen molar-refractivity contribution in [1.29, 1.82) is 0 Å². The lowest BCUT2D eigenvalue weighted by molar-refractivity contribution is -0.118. The number of hydrogen-bond donors (Lipinski definition) is 1. The zero-order valence-corrected chi connectivity index (χ0v) is 12.5. The Kier molecular flexibility index (Phi) is 3.52. The van der Waals surface area contributed by atoms with Gasteiger partial charge < -0.3 is 15.0 Å². The molecule has 1 aliphatic heterocycles. The topological polar surface area (TPSA) is 58.6 Å². The number of anilines is 1. The zero-order chi connectivity index (χ0) is 14.3. The molecule has 5 nitrogen and oxygen atoms in total. The Hall–Kier alpha value is -1.40. The van der Waals surface area contributed by atoms with E-state index in [9.17, 15) is 9.59 Å². The molecule has 20 heavy (non-hydrogen) atoms. The summed E-state index contributed by atoms with van der Waals surface area (Å²) in [5.41, 5.74) is 1.68. The van der Waals surface area contributed by atoms with Crippen molar-refractivity contribution in [3.05, 3.63) is 15.8 Å². The lowest BCUT2D eigenvalue weighted by Crippen LogP contribution is -2.39. The summed E-state index contributed by atoms with van der Waals surface area (Å²) in [7, 11) is 1.37. The molecular formula is C14H18N2O3S. The van der Waals surface area contributed by atoms with Crippen molar-refractivity contribution in [1.82, 2.24) is 5.32 Å². The molecular weight excluding hydrogens is 276 g/mol. The van der Waals surface area contributed by atoms with Crippen molar-refractivity contribution in [2.24, 2.45) is 0 Å². The molecule has 1 aliphatic carbocycles. The molecule has 0 radical (unpaired) electrons. The van der Waals surface area contributed by atoms with Gasteiger partial charge in [-0.2, -0.15) is 0 Å². The second-order valence-corrected chi connectivity index (χ2v) is 6.24. The molecule has 1 amide bonds. The molecule has 2 aliphatic rings. The molecule has 1 aromatic heterocycles. The van der Waals surface area contributed by atoms with Crippen molar-refractivity contribution in [2.45, 2.75) is 38.3 Å². The van der Waals surface area contributed by atoms with E-state index in [-0.39, 0.29) is 17.9 Å². The summed E-state index contributed by atoms with van der Waals surface area (Å²) in [6.45, 7) is 2.58. The van der Waals surface area contributed by atoms with Gasteiger partial charge in [0.15, 0.2) is 0 Å². The van der Waals surface area contributed by atoms with Crippen LogP contribution in [-0.4, -0.2) is 37.6 Å². The molecule has 108 valence electrons. The number of nitrogens with zero attached hydrogens (tertiary/aromatic N) is 1. The maximum Gasteiger partial charge on any atom is 0.350 e. The Morgan fingerprint density at radius 2 is 2.20 bits per heavy atom. The summed E-state index contributed by atoms with van der Waals surface area (Å²) in [6, 6.07) is 0.403. The van der Waals surface area contributed by atoms with E-state index in [1.54, 1.807) is 4.90 Å². The second-order valence-electron chi connectivity index (χ2n) is 5.36. The monoisotopic (exact) mass is 294 g/mol. The van der Waals surface area contributed by atoms with Gasteiger partial charge in [-0.25, -0.2) is 4.79 Å². The van der Waals surface area contributed by atoms with E-state index >= 15 is 0 Å². The fourth-order valence-corrected chi connectivity index (χ4v) is 3.57. The fraction of sp³-hybridized carbons (Fsp3) is 0.571. The first-order valence-electron chi connectivity index (χ1n) is 6.85. The second kappa shape index (κ2) is 5.18. The first-order chi connectivity index (χ1) is 9.61. The van der Waals surface area contributed by atoms with Gasteiger partial charge in [0.05, 0.1) is 18.8 Å².